The summed E-state index contributed by atoms with van der Waals surface area (Å²) in [5, 5.41) is 3.13. The summed E-state index contributed by atoms with van der Waals surface area (Å²) in [7, 11) is 0. The maximum Gasteiger partial charge on any atom is 0.234 e. The molecular formula is C22H34Cl2N4O2. The summed E-state index contributed by atoms with van der Waals surface area (Å²) in [6.07, 6.45) is 7.23. The molecule has 4 rings (SSSR count). The Labute approximate surface area is 191 Å². The van der Waals surface area contributed by atoms with E-state index in [0.717, 1.165) is 56.3 Å². The molecule has 3 aliphatic rings. The normalized spacial score (nSPS) is 30.6. The van der Waals surface area contributed by atoms with Crippen molar-refractivity contribution >= 4 is 42.3 Å². The second-order valence-electron chi connectivity index (χ2n) is 8.92. The molecule has 1 aliphatic heterocycles. The molecule has 0 radical (unpaired) electrons. The first kappa shape index (κ1) is 24.9. The van der Waals surface area contributed by atoms with Gasteiger partial charge >= 0.3 is 0 Å². The van der Waals surface area contributed by atoms with Crippen molar-refractivity contribution in [2.24, 2.45) is 29.2 Å². The molecule has 30 heavy (non-hydrogen) atoms. The number of nitrogens with two attached hydrogens (primary N) is 2. The summed E-state index contributed by atoms with van der Waals surface area (Å²) in [4.78, 5) is 26.6. The van der Waals surface area contributed by atoms with Gasteiger partial charge in [-0.15, -0.1) is 24.8 Å². The van der Waals surface area contributed by atoms with Crippen LogP contribution in [0.1, 0.15) is 50.5 Å². The van der Waals surface area contributed by atoms with Gasteiger partial charge in [0.25, 0.3) is 0 Å². The van der Waals surface area contributed by atoms with Gasteiger partial charge in [0.2, 0.25) is 11.8 Å². The molecule has 6 nitrogen and oxygen atoms in total. The number of nitrogens with one attached hydrogen (secondary N) is 1. The Hall–Kier alpha value is -1.34. The van der Waals surface area contributed by atoms with Crippen LogP contribution in [0.3, 0.4) is 0 Å². The molecule has 8 heteroatoms. The minimum Gasteiger partial charge on any atom is -0.368 e. The number of primary amides is 1. The Morgan fingerprint density at radius 2 is 1.77 bits per heavy atom. The van der Waals surface area contributed by atoms with Crippen molar-refractivity contribution in [3.8, 4) is 0 Å². The number of amides is 2. The third kappa shape index (κ3) is 5.47. The largest absolute Gasteiger partial charge is 0.368 e. The molecule has 3 atom stereocenters. The predicted molar refractivity (Wildman–Crippen MR) is 124 cm³/mol. The van der Waals surface area contributed by atoms with Crippen molar-refractivity contribution < 1.29 is 9.59 Å². The van der Waals surface area contributed by atoms with E-state index < -0.39 is 0 Å². The van der Waals surface area contributed by atoms with E-state index in [0.29, 0.717) is 18.4 Å². The molecule has 0 aromatic heterocycles. The van der Waals surface area contributed by atoms with Crippen LogP contribution in [0.4, 0.5) is 5.69 Å². The highest BCUT2D eigenvalue weighted by atomic mass is 35.5. The second kappa shape index (κ2) is 10.8. The van der Waals surface area contributed by atoms with Crippen molar-refractivity contribution in [1.82, 2.24) is 4.90 Å². The smallest absolute Gasteiger partial charge is 0.234 e. The molecule has 1 aromatic carbocycles. The number of rotatable bonds is 5. The standard InChI is InChI=1S/C22H32N4O2.2ClH/c23-20-15-5-2-6-16(20)12-17(11-15)22(28)25-18-7-1-4-14(10-18)13-26-9-3-8-19(26)21(24)27;;/h1,4,7,10,15-17,19-20H,2-3,5-6,8-9,11-13,23H2,(H2,24,27)(H,25,28);2*1H. The molecule has 2 bridgehead atoms. The van der Waals surface area contributed by atoms with Crippen LogP contribution >= 0.6 is 24.8 Å². The van der Waals surface area contributed by atoms with Gasteiger partial charge in [-0.25, -0.2) is 0 Å². The van der Waals surface area contributed by atoms with Crippen LogP contribution in [0.25, 0.3) is 0 Å². The minimum absolute atomic E-state index is 0. The van der Waals surface area contributed by atoms with Crippen LogP contribution in [-0.2, 0) is 16.1 Å². The minimum atomic E-state index is -0.247. The van der Waals surface area contributed by atoms with Crippen molar-refractivity contribution in [2.75, 3.05) is 11.9 Å². The molecule has 0 spiro atoms. The fourth-order valence-electron chi connectivity index (χ4n) is 5.57. The van der Waals surface area contributed by atoms with E-state index in [1.807, 2.05) is 24.3 Å². The topological polar surface area (TPSA) is 101 Å². The van der Waals surface area contributed by atoms with Gasteiger partial charge in [-0.1, -0.05) is 18.6 Å². The van der Waals surface area contributed by atoms with E-state index in [-0.39, 0.29) is 54.6 Å². The van der Waals surface area contributed by atoms with Gasteiger partial charge in [0.05, 0.1) is 6.04 Å². The van der Waals surface area contributed by atoms with E-state index in [1.165, 1.54) is 6.42 Å². The molecule has 5 N–H and O–H groups in total. The summed E-state index contributed by atoms with van der Waals surface area (Å²) in [6, 6.07) is 8.06. The lowest BCUT2D eigenvalue weighted by atomic mass is 9.65. The number of hydrogen-bond donors (Lipinski definition) is 3. The molecule has 2 amide bonds. The number of nitrogens with zero attached hydrogens (tertiary/aromatic N) is 1. The van der Waals surface area contributed by atoms with Crippen molar-refractivity contribution in [1.29, 1.82) is 0 Å². The lowest BCUT2D eigenvalue weighted by Gasteiger charge is -2.43. The summed E-state index contributed by atoms with van der Waals surface area (Å²) < 4.78 is 0. The van der Waals surface area contributed by atoms with Gasteiger partial charge in [0, 0.05) is 24.2 Å². The third-order valence-electron chi connectivity index (χ3n) is 7.06. The zero-order chi connectivity index (χ0) is 19.7. The van der Waals surface area contributed by atoms with E-state index >= 15 is 0 Å². The van der Waals surface area contributed by atoms with Gasteiger partial charge in [0.1, 0.15) is 0 Å². The Balaban J connectivity index is 0.00000160. The molecule has 3 unspecified atom stereocenters. The number of benzene rings is 1. The lowest BCUT2D eigenvalue weighted by Crippen LogP contribution is -2.48. The average Bonchev–Trinajstić information content (AvgIpc) is 3.10. The maximum atomic E-state index is 12.9. The van der Waals surface area contributed by atoms with Crippen LogP contribution in [0.15, 0.2) is 24.3 Å². The van der Waals surface area contributed by atoms with E-state index in [4.69, 9.17) is 11.5 Å². The van der Waals surface area contributed by atoms with Crippen molar-refractivity contribution in [2.45, 2.75) is 63.6 Å². The summed E-state index contributed by atoms with van der Waals surface area (Å²) in [6.45, 7) is 1.56. The SMILES string of the molecule is Cl.Cl.NC(=O)C1CCCN1Cc1cccc(NC(=O)C2CC3CCCC(C2)C3N)c1. The quantitative estimate of drug-likeness (QED) is 0.633. The number of fused-ring (bicyclic) bond motifs is 2. The molecular weight excluding hydrogens is 423 g/mol. The molecule has 1 heterocycles. The number of halogens is 2. The van der Waals surface area contributed by atoms with Gasteiger partial charge < -0.3 is 16.8 Å². The van der Waals surface area contributed by atoms with Gasteiger partial charge in [-0.2, -0.15) is 0 Å². The highest BCUT2D eigenvalue weighted by Crippen LogP contribution is 2.42. The van der Waals surface area contributed by atoms with Crippen LogP contribution in [0, 0.1) is 17.8 Å². The Bertz CT molecular complexity index is 734. The van der Waals surface area contributed by atoms with E-state index in [9.17, 15) is 9.59 Å². The first-order valence-electron chi connectivity index (χ1n) is 10.7. The zero-order valence-corrected chi connectivity index (χ0v) is 18.9. The maximum absolute atomic E-state index is 12.9. The lowest BCUT2D eigenvalue weighted by molar-refractivity contribution is -0.123. The van der Waals surface area contributed by atoms with Crippen LogP contribution < -0.4 is 16.8 Å². The molecule has 168 valence electrons. The summed E-state index contributed by atoms with van der Waals surface area (Å²) in [5.41, 5.74) is 13.8. The monoisotopic (exact) mass is 456 g/mol. The first-order chi connectivity index (χ1) is 13.5. The second-order valence-corrected chi connectivity index (χ2v) is 8.92. The first-order valence-corrected chi connectivity index (χ1v) is 10.7. The van der Waals surface area contributed by atoms with Crippen LogP contribution in [0.5, 0.6) is 0 Å². The molecule has 3 fully saturated rings. The van der Waals surface area contributed by atoms with Crippen molar-refractivity contribution in [3.63, 3.8) is 0 Å². The fourth-order valence-corrected chi connectivity index (χ4v) is 5.57. The number of carbonyl (C=O) groups is 2. The Kier molecular flexibility index (Phi) is 8.98. The number of likely N-dealkylation sites (tertiary alicyclic amines) is 1. The van der Waals surface area contributed by atoms with Gasteiger partial charge in [0.15, 0.2) is 0 Å². The van der Waals surface area contributed by atoms with E-state index in [2.05, 4.69) is 10.2 Å². The van der Waals surface area contributed by atoms with Gasteiger partial charge in [-0.3, -0.25) is 14.5 Å². The Morgan fingerprint density at radius 1 is 1.07 bits per heavy atom. The molecule has 1 saturated heterocycles. The summed E-state index contributed by atoms with van der Waals surface area (Å²) >= 11 is 0. The molecule has 2 saturated carbocycles. The average molecular weight is 457 g/mol. The predicted octanol–water partition coefficient (Wildman–Crippen LogP) is 3.07. The zero-order valence-electron chi connectivity index (χ0n) is 17.3. The van der Waals surface area contributed by atoms with Gasteiger partial charge in [-0.05, 0) is 74.6 Å². The van der Waals surface area contributed by atoms with Crippen LogP contribution in [0.2, 0.25) is 0 Å². The van der Waals surface area contributed by atoms with Crippen LogP contribution in [-0.4, -0.2) is 35.3 Å². The molecule has 1 aromatic rings. The Morgan fingerprint density at radius 3 is 2.43 bits per heavy atom. The molecule has 2 aliphatic carbocycles. The highest BCUT2D eigenvalue weighted by Gasteiger charge is 2.40. The van der Waals surface area contributed by atoms with Crippen molar-refractivity contribution in [3.05, 3.63) is 29.8 Å². The number of hydrogen-bond acceptors (Lipinski definition) is 4. The fraction of sp³-hybridized carbons (Fsp3) is 0.636. The summed E-state index contributed by atoms with van der Waals surface area (Å²) in [5.74, 6) is 0.933. The number of carbonyl (C=O) groups excluding carboxylic acids is 2. The number of anilines is 1. The highest BCUT2D eigenvalue weighted by molar-refractivity contribution is 5.92. The third-order valence-corrected chi connectivity index (χ3v) is 7.06. The van der Waals surface area contributed by atoms with E-state index in [1.54, 1.807) is 0 Å².